The summed E-state index contributed by atoms with van der Waals surface area (Å²) >= 11 is 0. The van der Waals surface area contributed by atoms with Gasteiger partial charge in [-0.1, -0.05) is 0 Å². The van der Waals surface area contributed by atoms with Crippen LogP contribution in [0.2, 0.25) is 0 Å². The van der Waals surface area contributed by atoms with E-state index in [1.54, 1.807) is 0 Å². The second-order valence-corrected chi connectivity index (χ2v) is 4.40. The molecule has 3 aliphatic heterocycles. The van der Waals surface area contributed by atoms with Gasteiger partial charge in [0.2, 0.25) is 0 Å². The fourth-order valence-electron chi connectivity index (χ4n) is 3.38. The molecule has 5 heteroatoms. The zero-order valence-electron chi connectivity index (χ0n) is 8.07. The third-order valence-corrected chi connectivity index (χ3v) is 3.97. The zero-order chi connectivity index (χ0) is 8.18. The molecule has 0 unspecified atom stereocenters. The maximum atomic E-state index is 6.04. The molecule has 84 valence electrons. The van der Waals surface area contributed by atoms with Gasteiger partial charge in [-0.15, -0.1) is 24.8 Å². The summed E-state index contributed by atoms with van der Waals surface area (Å²) in [4.78, 5) is 0. The third kappa shape index (κ3) is 1.38. The molecule has 0 aromatic carbocycles. The van der Waals surface area contributed by atoms with E-state index >= 15 is 0 Å². The Balaban J connectivity index is 0.000000490. The van der Waals surface area contributed by atoms with Crippen LogP contribution >= 0.6 is 24.8 Å². The summed E-state index contributed by atoms with van der Waals surface area (Å²) in [6, 6.07) is 0. The van der Waals surface area contributed by atoms with Crippen molar-refractivity contribution in [2.75, 3.05) is 19.6 Å². The van der Waals surface area contributed by atoms with Crippen molar-refractivity contribution in [2.24, 2.45) is 17.6 Å². The largest absolute Gasteiger partial charge is 0.370 e. The molecule has 1 spiro atoms. The minimum absolute atomic E-state index is 0. The van der Waals surface area contributed by atoms with E-state index in [0.29, 0.717) is 17.9 Å². The molecule has 3 nitrogen and oxygen atoms in total. The van der Waals surface area contributed by atoms with Crippen LogP contribution in [0.25, 0.3) is 0 Å². The monoisotopic (exact) mass is 240 g/mol. The Kier molecular flexibility index (Phi) is 3.71. The molecule has 0 radical (unpaired) electrons. The topological polar surface area (TPSA) is 47.3 Å². The van der Waals surface area contributed by atoms with Gasteiger partial charge in [-0.05, 0) is 19.4 Å². The molecule has 3 fully saturated rings. The van der Waals surface area contributed by atoms with Crippen LogP contribution in [0.4, 0.5) is 0 Å². The predicted octanol–water partition coefficient (Wildman–Crippen LogP) is 0.556. The van der Waals surface area contributed by atoms with Gasteiger partial charge in [-0.3, -0.25) is 0 Å². The molecular formula is C9H18Cl2N2O. The van der Waals surface area contributed by atoms with E-state index in [2.05, 4.69) is 5.32 Å². The fraction of sp³-hybridized carbons (Fsp3) is 1.00. The Morgan fingerprint density at radius 2 is 2.21 bits per heavy atom. The van der Waals surface area contributed by atoms with Gasteiger partial charge in [0.1, 0.15) is 0 Å². The minimum atomic E-state index is 0. The molecule has 3 saturated heterocycles. The molecule has 2 bridgehead atoms. The smallest absolute Gasteiger partial charge is 0.0855 e. The number of rotatable bonds is 1. The highest BCUT2D eigenvalue weighted by Crippen LogP contribution is 2.52. The van der Waals surface area contributed by atoms with Crippen molar-refractivity contribution in [2.45, 2.75) is 24.5 Å². The van der Waals surface area contributed by atoms with E-state index in [1.807, 2.05) is 0 Å². The maximum Gasteiger partial charge on any atom is 0.0855 e. The predicted molar refractivity (Wildman–Crippen MR) is 60.2 cm³/mol. The summed E-state index contributed by atoms with van der Waals surface area (Å²) < 4.78 is 6.04. The Labute approximate surface area is 97.0 Å². The number of hydrogen-bond donors (Lipinski definition) is 2. The lowest BCUT2D eigenvalue weighted by Crippen LogP contribution is -2.39. The highest BCUT2D eigenvalue weighted by Gasteiger charge is 2.60. The summed E-state index contributed by atoms with van der Waals surface area (Å²) in [7, 11) is 0. The first-order valence-corrected chi connectivity index (χ1v) is 4.94. The zero-order valence-corrected chi connectivity index (χ0v) is 9.70. The first-order valence-electron chi connectivity index (χ1n) is 4.94. The fourth-order valence-corrected chi connectivity index (χ4v) is 3.38. The molecular weight excluding hydrogens is 223 g/mol. The molecule has 3 heterocycles. The third-order valence-electron chi connectivity index (χ3n) is 3.97. The van der Waals surface area contributed by atoms with E-state index in [9.17, 15) is 0 Å². The number of hydrogen-bond acceptors (Lipinski definition) is 3. The number of fused-ring (bicyclic) bond motifs is 1. The first kappa shape index (κ1) is 12.5. The van der Waals surface area contributed by atoms with Gasteiger partial charge in [-0.25, -0.2) is 0 Å². The summed E-state index contributed by atoms with van der Waals surface area (Å²) in [5.74, 6) is 1.34. The SMILES string of the molecule is Cl.Cl.NC[C@H]1[C@H]2CNC[C@]23CC[C@H]1O3. The quantitative estimate of drug-likeness (QED) is 0.705. The lowest BCUT2D eigenvalue weighted by molar-refractivity contribution is 0.0126. The molecule has 0 aromatic rings. The molecule has 3 N–H and O–H groups in total. The van der Waals surface area contributed by atoms with E-state index in [-0.39, 0.29) is 30.4 Å². The van der Waals surface area contributed by atoms with Crippen molar-refractivity contribution in [3.8, 4) is 0 Å². The average molecular weight is 241 g/mol. The van der Waals surface area contributed by atoms with Crippen LogP contribution in [0.3, 0.4) is 0 Å². The van der Waals surface area contributed by atoms with Crippen LogP contribution in [0.5, 0.6) is 0 Å². The summed E-state index contributed by atoms with van der Waals surface area (Å²) in [5.41, 5.74) is 5.97. The molecule has 3 rings (SSSR count). The second-order valence-electron chi connectivity index (χ2n) is 4.40. The van der Waals surface area contributed by atoms with Gasteiger partial charge >= 0.3 is 0 Å². The van der Waals surface area contributed by atoms with Crippen molar-refractivity contribution < 1.29 is 4.74 Å². The van der Waals surface area contributed by atoms with Gasteiger partial charge < -0.3 is 15.8 Å². The van der Waals surface area contributed by atoms with Crippen LogP contribution < -0.4 is 11.1 Å². The molecule has 4 atom stereocenters. The molecule has 3 aliphatic rings. The van der Waals surface area contributed by atoms with Gasteiger partial charge in [0.15, 0.2) is 0 Å². The Morgan fingerprint density at radius 3 is 2.93 bits per heavy atom. The number of nitrogens with one attached hydrogen (secondary N) is 1. The summed E-state index contributed by atoms with van der Waals surface area (Å²) in [6.45, 7) is 2.99. The highest BCUT2D eigenvalue weighted by atomic mass is 35.5. The molecule has 0 aliphatic carbocycles. The van der Waals surface area contributed by atoms with E-state index < -0.39 is 0 Å². The van der Waals surface area contributed by atoms with Crippen LogP contribution in [-0.2, 0) is 4.74 Å². The number of ether oxygens (including phenoxy) is 1. The van der Waals surface area contributed by atoms with Gasteiger partial charge in [-0.2, -0.15) is 0 Å². The lowest BCUT2D eigenvalue weighted by Gasteiger charge is -2.28. The Bertz CT molecular complexity index is 213. The van der Waals surface area contributed by atoms with Gasteiger partial charge in [0, 0.05) is 24.9 Å². The van der Waals surface area contributed by atoms with E-state index in [0.717, 1.165) is 19.6 Å². The van der Waals surface area contributed by atoms with Crippen molar-refractivity contribution in [1.82, 2.24) is 5.32 Å². The average Bonchev–Trinajstić information content (AvgIpc) is 2.68. The Morgan fingerprint density at radius 1 is 1.43 bits per heavy atom. The van der Waals surface area contributed by atoms with Crippen LogP contribution in [0, 0.1) is 11.8 Å². The molecule has 14 heavy (non-hydrogen) atoms. The molecule has 0 amide bonds. The van der Waals surface area contributed by atoms with Crippen molar-refractivity contribution in [3.05, 3.63) is 0 Å². The Hall–Kier alpha value is 0.460. The molecule has 0 aromatic heterocycles. The van der Waals surface area contributed by atoms with Crippen molar-refractivity contribution in [3.63, 3.8) is 0 Å². The lowest BCUT2D eigenvalue weighted by atomic mass is 9.74. The van der Waals surface area contributed by atoms with Crippen LogP contribution in [0.1, 0.15) is 12.8 Å². The minimum Gasteiger partial charge on any atom is -0.370 e. The normalized spacial score (nSPS) is 48.2. The van der Waals surface area contributed by atoms with E-state index in [4.69, 9.17) is 10.5 Å². The van der Waals surface area contributed by atoms with Crippen LogP contribution in [-0.4, -0.2) is 31.3 Å². The maximum absolute atomic E-state index is 6.04. The van der Waals surface area contributed by atoms with E-state index in [1.165, 1.54) is 12.8 Å². The number of nitrogens with two attached hydrogens (primary N) is 1. The standard InChI is InChI=1S/C9H16N2O.2ClH/c10-3-6-7-4-11-5-9(7)2-1-8(6)12-9;;/h6-8,11H,1-5,10H2;2*1H/t6-,7+,8+,9+;;/m0../s1. The summed E-state index contributed by atoms with van der Waals surface area (Å²) in [5, 5.41) is 3.43. The summed E-state index contributed by atoms with van der Waals surface area (Å²) in [6.07, 6.45) is 2.98. The van der Waals surface area contributed by atoms with Crippen molar-refractivity contribution in [1.29, 1.82) is 0 Å². The highest BCUT2D eigenvalue weighted by molar-refractivity contribution is 5.85. The first-order chi connectivity index (χ1) is 5.86. The van der Waals surface area contributed by atoms with Crippen LogP contribution in [0.15, 0.2) is 0 Å². The second kappa shape index (κ2) is 4.14. The molecule has 0 saturated carbocycles. The number of halogens is 2. The van der Waals surface area contributed by atoms with Gasteiger partial charge in [0.05, 0.1) is 11.7 Å². The van der Waals surface area contributed by atoms with Gasteiger partial charge in [0.25, 0.3) is 0 Å². The van der Waals surface area contributed by atoms with Crippen molar-refractivity contribution >= 4 is 24.8 Å².